The molecular formula is C10H8ClNO2. The molecule has 0 amide bonds. The van der Waals surface area contributed by atoms with Crippen molar-refractivity contribution in [1.29, 1.82) is 0 Å². The third kappa shape index (κ3) is 3.03. The maximum atomic E-state index is 9.21. The van der Waals surface area contributed by atoms with Crippen molar-refractivity contribution in [2.24, 2.45) is 0 Å². The number of benzene rings is 1. The lowest BCUT2D eigenvalue weighted by atomic mass is 10.3. The van der Waals surface area contributed by atoms with E-state index >= 15 is 0 Å². The second kappa shape index (κ2) is 5.19. The van der Waals surface area contributed by atoms with Gasteiger partial charge in [-0.3, -0.25) is 9.59 Å². The Balaban J connectivity index is 0.000000171. The van der Waals surface area contributed by atoms with Gasteiger partial charge in [0, 0.05) is 11.7 Å². The molecule has 0 saturated carbocycles. The number of fused-ring (bicyclic) bond motifs is 1. The maximum Gasteiger partial charge on any atom is 0.284 e. The summed E-state index contributed by atoms with van der Waals surface area (Å²) in [6.45, 7) is 0. The van der Waals surface area contributed by atoms with Gasteiger partial charge in [-0.2, -0.15) is 0 Å². The van der Waals surface area contributed by atoms with E-state index in [1.54, 1.807) is 0 Å². The molecule has 0 saturated heterocycles. The molecule has 1 heterocycles. The number of aromatic nitrogens is 1. The summed E-state index contributed by atoms with van der Waals surface area (Å²) in [7, 11) is 0. The zero-order valence-electron chi connectivity index (χ0n) is 7.24. The number of carbonyl (C=O) groups excluding carboxylic acids is 2. The molecule has 2 rings (SSSR count). The molecule has 1 aromatic carbocycles. The van der Waals surface area contributed by atoms with E-state index in [9.17, 15) is 4.79 Å². The lowest BCUT2D eigenvalue weighted by molar-refractivity contribution is -0.124. The van der Waals surface area contributed by atoms with Crippen molar-refractivity contribution in [2.75, 3.05) is 0 Å². The molecule has 4 heteroatoms. The maximum absolute atomic E-state index is 9.21. The second-order valence-electron chi connectivity index (χ2n) is 2.49. The van der Waals surface area contributed by atoms with Gasteiger partial charge in [-0.05, 0) is 29.1 Å². The quantitative estimate of drug-likeness (QED) is 0.444. The minimum absolute atomic E-state index is 0.0432. The lowest BCUT2D eigenvalue weighted by Crippen LogP contribution is -1.80. The highest BCUT2D eigenvalue weighted by atomic mass is 35.5. The predicted molar refractivity (Wildman–Crippen MR) is 55.2 cm³/mol. The highest BCUT2D eigenvalue weighted by Gasteiger charge is 1.86. The molecular weight excluding hydrogens is 202 g/mol. The van der Waals surface area contributed by atoms with E-state index in [1.807, 2.05) is 18.3 Å². The number of carbonyl (C=O) groups is 2. The van der Waals surface area contributed by atoms with Gasteiger partial charge in [-0.25, -0.2) is 0 Å². The van der Waals surface area contributed by atoms with Crippen LogP contribution in [0.4, 0.5) is 0 Å². The summed E-state index contributed by atoms with van der Waals surface area (Å²) in [5.41, 5.74) is 1.21. The zero-order valence-corrected chi connectivity index (χ0v) is 7.99. The largest absolute Gasteiger partial charge is 0.361 e. The van der Waals surface area contributed by atoms with Crippen LogP contribution in [0, 0.1) is 0 Å². The number of rotatable bonds is 1. The van der Waals surface area contributed by atoms with Crippen molar-refractivity contribution in [3.63, 3.8) is 0 Å². The predicted octanol–water partition coefficient (Wildman–Crippen LogP) is 2.12. The van der Waals surface area contributed by atoms with Gasteiger partial charge in [0.25, 0.3) is 5.24 Å². The van der Waals surface area contributed by atoms with Crippen LogP contribution >= 0.6 is 11.6 Å². The van der Waals surface area contributed by atoms with E-state index in [2.05, 4.69) is 34.8 Å². The summed E-state index contributed by atoms with van der Waals surface area (Å²) in [4.78, 5) is 21.4. The highest BCUT2D eigenvalue weighted by Crippen LogP contribution is 2.09. The Morgan fingerprint density at radius 3 is 2.50 bits per heavy atom. The standard InChI is InChI=1S/C8H7N.C2HClO2/c1-2-4-8-7(3-1)5-6-9-8;3-2(5)1-4/h1-6,9H;1H. The van der Waals surface area contributed by atoms with Gasteiger partial charge in [0.05, 0.1) is 0 Å². The van der Waals surface area contributed by atoms with Crippen LogP contribution in [0.25, 0.3) is 10.9 Å². The topological polar surface area (TPSA) is 49.9 Å². The molecule has 0 atom stereocenters. The van der Waals surface area contributed by atoms with Crippen molar-refractivity contribution >= 4 is 34.0 Å². The monoisotopic (exact) mass is 209 g/mol. The fraction of sp³-hybridized carbons (Fsp3) is 0. The van der Waals surface area contributed by atoms with Crippen LogP contribution in [-0.2, 0) is 9.59 Å². The Morgan fingerprint density at radius 2 is 1.93 bits per heavy atom. The van der Waals surface area contributed by atoms with Gasteiger partial charge in [-0.1, -0.05) is 18.2 Å². The van der Waals surface area contributed by atoms with Crippen molar-refractivity contribution in [1.82, 2.24) is 4.98 Å². The fourth-order valence-corrected chi connectivity index (χ4v) is 0.995. The number of para-hydroxylation sites is 1. The molecule has 0 bridgehead atoms. The molecule has 1 N–H and O–H groups in total. The van der Waals surface area contributed by atoms with E-state index in [-0.39, 0.29) is 6.29 Å². The molecule has 0 aliphatic carbocycles. The first-order valence-electron chi connectivity index (χ1n) is 3.91. The summed E-state index contributed by atoms with van der Waals surface area (Å²) in [5.74, 6) is 0. The van der Waals surface area contributed by atoms with Crippen LogP contribution in [0.1, 0.15) is 0 Å². The summed E-state index contributed by atoms with van der Waals surface area (Å²) in [6.07, 6.45) is 1.99. The molecule has 0 radical (unpaired) electrons. The second-order valence-corrected chi connectivity index (χ2v) is 2.86. The van der Waals surface area contributed by atoms with Crippen LogP contribution in [-0.4, -0.2) is 16.5 Å². The van der Waals surface area contributed by atoms with Crippen molar-refractivity contribution in [3.8, 4) is 0 Å². The summed E-state index contributed by atoms with van der Waals surface area (Å²) >= 11 is 4.46. The van der Waals surface area contributed by atoms with E-state index in [0.717, 1.165) is 0 Å². The number of aldehydes is 1. The fourth-order valence-electron chi connectivity index (χ4n) is 0.995. The molecule has 14 heavy (non-hydrogen) atoms. The van der Waals surface area contributed by atoms with Crippen LogP contribution in [0.5, 0.6) is 0 Å². The minimum Gasteiger partial charge on any atom is -0.361 e. The van der Waals surface area contributed by atoms with Crippen LogP contribution in [0.3, 0.4) is 0 Å². The molecule has 0 spiro atoms. The van der Waals surface area contributed by atoms with Crippen molar-refractivity contribution in [2.45, 2.75) is 0 Å². The Morgan fingerprint density at radius 1 is 1.29 bits per heavy atom. The van der Waals surface area contributed by atoms with E-state index < -0.39 is 5.24 Å². The number of hydrogen-bond donors (Lipinski definition) is 1. The number of aromatic amines is 1. The highest BCUT2D eigenvalue weighted by molar-refractivity contribution is 6.77. The number of nitrogens with one attached hydrogen (secondary N) is 1. The van der Waals surface area contributed by atoms with Gasteiger partial charge >= 0.3 is 0 Å². The lowest BCUT2D eigenvalue weighted by Gasteiger charge is -1.83. The van der Waals surface area contributed by atoms with Crippen molar-refractivity contribution < 1.29 is 9.59 Å². The van der Waals surface area contributed by atoms with Gasteiger partial charge in [0.15, 0.2) is 0 Å². The Kier molecular flexibility index (Phi) is 3.88. The summed E-state index contributed by atoms with van der Waals surface area (Å²) < 4.78 is 0. The van der Waals surface area contributed by atoms with E-state index in [1.165, 1.54) is 10.9 Å². The summed E-state index contributed by atoms with van der Waals surface area (Å²) in [6, 6.07) is 10.3. The Labute approximate surface area is 85.7 Å². The van der Waals surface area contributed by atoms with Crippen molar-refractivity contribution in [3.05, 3.63) is 36.5 Å². The minimum atomic E-state index is -0.954. The first-order chi connectivity index (χ1) is 6.74. The number of H-pyrrole nitrogens is 1. The first kappa shape index (κ1) is 10.5. The summed E-state index contributed by atoms with van der Waals surface area (Å²) in [5, 5.41) is 0.322. The molecule has 72 valence electrons. The van der Waals surface area contributed by atoms with E-state index in [4.69, 9.17) is 4.79 Å². The molecule has 0 aliphatic heterocycles. The van der Waals surface area contributed by atoms with Gasteiger partial charge in [0.1, 0.15) is 0 Å². The molecule has 0 fully saturated rings. The first-order valence-corrected chi connectivity index (χ1v) is 4.28. The normalized spacial score (nSPS) is 8.93. The molecule has 1 aromatic heterocycles. The Hall–Kier alpha value is -1.61. The SMILES string of the molecule is O=CC(=O)Cl.c1ccc2[nH]ccc2c1. The van der Waals surface area contributed by atoms with Crippen LogP contribution < -0.4 is 0 Å². The van der Waals surface area contributed by atoms with Gasteiger partial charge < -0.3 is 4.98 Å². The van der Waals surface area contributed by atoms with Gasteiger partial charge in [-0.15, -0.1) is 0 Å². The average molecular weight is 210 g/mol. The Bertz CT molecular complexity index is 406. The van der Waals surface area contributed by atoms with E-state index in [0.29, 0.717) is 0 Å². The molecule has 0 aliphatic rings. The van der Waals surface area contributed by atoms with Crippen LogP contribution in [0.15, 0.2) is 36.5 Å². The smallest absolute Gasteiger partial charge is 0.284 e. The molecule has 3 nitrogen and oxygen atoms in total. The number of halogens is 1. The zero-order chi connectivity index (χ0) is 10.4. The van der Waals surface area contributed by atoms with Gasteiger partial charge in [0.2, 0.25) is 6.29 Å². The molecule has 0 unspecified atom stereocenters. The van der Waals surface area contributed by atoms with Crippen LogP contribution in [0.2, 0.25) is 0 Å². The third-order valence-corrected chi connectivity index (χ3v) is 1.64. The number of hydrogen-bond acceptors (Lipinski definition) is 2. The average Bonchev–Trinajstić information content (AvgIpc) is 2.66. The third-order valence-electron chi connectivity index (χ3n) is 1.56. The molecule has 2 aromatic rings.